The van der Waals surface area contributed by atoms with E-state index in [0.717, 1.165) is 0 Å². The molecular weight excluding hydrogens is 296 g/mol. The van der Waals surface area contributed by atoms with Crippen LogP contribution in [0, 0.1) is 17.0 Å². The maximum absolute atomic E-state index is 11.9. The Morgan fingerprint density at radius 1 is 1.38 bits per heavy atom. The third kappa shape index (κ3) is 3.76. The molecule has 0 spiro atoms. The minimum Gasteiger partial charge on any atom is -0.477 e. The molecule has 0 radical (unpaired) electrons. The van der Waals surface area contributed by atoms with Crippen LogP contribution in [0.5, 0.6) is 5.75 Å². The van der Waals surface area contributed by atoms with Gasteiger partial charge < -0.3 is 14.9 Å². The van der Waals surface area contributed by atoms with Crippen molar-refractivity contribution in [3.05, 3.63) is 62.8 Å². The molecule has 1 heterocycles. The minimum absolute atomic E-state index is 0.0408. The molecule has 7 heteroatoms. The highest BCUT2D eigenvalue weighted by Crippen LogP contribution is 2.24. The standard InChI is InChI=1S/C14H11ClN2O4/c1-9-5-6-13(14(16-9)17(19)20)21-8-12(18)10-3-2-4-11(15)7-10/h2-7H,8H2,1H3. The normalized spacial score (nSPS) is 10.2. The number of aromatic nitrogens is 1. The molecule has 0 atom stereocenters. The molecule has 0 unspecified atom stereocenters. The van der Waals surface area contributed by atoms with Crippen LogP contribution in [0.25, 0.3) is 0 Å². The second-order valence-electron chi connectivity index (χ2n) is 4.25. The third-order valence-electron chi connectivity index (χ3n) is 2.66. The molecule has 0 aliphatic carbocycles. The minimum atomic E-state index is -0.647. The van der Waals surface area contributed by atoms with E-state index in [1.54, 1.807) is 31.2 Å². The first-order valence-electron chi connectivity index (χ1n) is 6.01. The maximum Gasteiger partial charge on any atom is 0.406 e. The summed E-state index contributed by atoms with van der Waals surface area (Å²) in [5.41, 5.74) is 0.875. The molecule has 21 heavy (non-hydrogen) atoms. The number of carbonyl (C=O) groups is 1. The van der Waals surface area contributed by atoms with Gasteiger partial charge in [0.25, 0.3) is 0 Å². The van der Waals surface area contributed by atoms with Gasteiger partial charge in [0, 0.05) is 17.5 Å². The molecule has 2 rings (SSSR count). The summed E-state index contributed by atoms with van der Waals surface area (Å²) < 4.78 is 5.21. The number of pyridine rings is 1. The summed E-state index contributed by atoms with van der Waals surface area (Å²) in [5.74, 6) is -0.776. The van der Waals surface area contributed by atoms with Gasteiger partial charge in [0.05, 0.1) is 0 Å². The zero-order valence-electron chi connectivity index (χ0n) is 11.1. The Morgan fingerprint density at radius 3 is 2.81 bits per heavy atom. The molecule has 0 bridgehead atoms. The Hall–Kier alpha value is -2.47. The second-order valence-corrected chi connectivity index (χ2v) is 4.69. The largest absolute Gasteiger partial charge is 0.477 e. The quantitative estimate of drug-likeness (QED) is 0.481. The van der Waals surface area contributed by atoms with Crippen LogP contribution in [0.2, 0.25) is 5.02 Å². The monoisotopic (exact) mass is 306 g/mol. The van der Waals surface area contributed by atoms with Crippen molar-refractivity contribution >= 4 is 23.2 Å². The van der Waals surface area contributed by atoms with E-state index in [4.69, 9.17) is 16.3 Å². The molecular formula is C14H11ClN2O4. The first kappa shape index (κ1) is 14.9. The highest BCUT2D eigenvalue weighted by molar-refractivity contribution is 6.31. The van der Waals surface area contributed by atoms with E-state index < -0.39 is 10.7 Å². The number of rotatable bonds is 5. The molecule has 1 aromatic carbocycles. The van der Waals surface area contributed by atoms with E-state index >= 15 is 0 Å². The summed E-state index contributed by atoms with van der Waals surface area (Å²) in [4.78, 5) is 26.0. The molecule has 6 nitrogen and oxygen atoms in total. The van der Waals surface area contributed by atoms with E-state index in [0.29, 0.717) is 16.3 Å². The van der Waals surface area contributed by atoms with E-state index in [-0.39, 0.29) is 18.1 Å². The van der Waals surface area contributed by atoms with Crippen LogP contribution in [0.4, 0.5) is 5.82 Å². The van der Waals surface area contributed by atoms with E-state index in [1.165, 1.54) is 12.1 Å². The van der Waals surface area contributed by atoms with Gasteiger partial charge >= 0.3 is 5.82 Å². The summed E-state index contributed by atoms with van der Waals surface area (Å²) in [6.07, 6.45) is 0. The number of aryl methyl sites for hydroxylation is 1. The number of nitrogens with zero attached hydrogens (tertiary/aromatic N) is 2. The van der Waals surface area contributed by atoms with Crippen LogP contribution in [0.3, 0.4) is 0 Å². The van der Waals surface area contributed by atoms with Crippen molar-refractivity contribution in [2.75, 3.05) is 6.61 Å². The number of Topliss-reactive ketones (excluding diaryl/α,β-unsaturated/α-hetero) is 1. The van der Waals surface area contributed by atoms with Crippen molar-refractivity contribution in [2.24, 2.45) is 0 Å². The predicted molar refractivity (Wildman–Crippen MR) is 76.9 cm³/mol. The predicted octanol–water partition coefficient (Wildman–Crippen LogP) is 3.21. The molecule has 0 saturated heterocycles. The van der Waals surface area contributed by atoms with Gasteiger partial charge in [0.2, 0.25) is 5.75 Å². The molecule has 0 saturated carbocycles. The van der Waals surface area contributed by atoms with Crippen LogP contribution < -0.4 is 4.74 Å². The van der Waals surface area contributed by atoms with Gasteiger partial charge in [-0.05, 0) is 34.2 Å². The zero-order chi connectivity index (χ0) is 15.4. The fourth-order valence-corrected chi connectivity index (χ4v) is 1.85. The molecule has 0 N–H and O–H groups in total. The van der Waals surface area contributed by atoms with Gasteiger partial charge in [-0.25, -0.2) is 0 Å². The van der Waals surface area contributed by atoms with Crippen molar-refractivity contribution in [3.8, 4) is 5.75 Å². The number of ether oxygens (including phenoxy) is 1. The Labute approximate surface area is 125 Å². The summed E-state index contributed by atoms with van der Waals surface area (Å²) in [6.45, 7) is 1.31. The topological polar surface area (TPSA) is 82.3 Å². The first-order valence-corrected chi connectivity index (χ1v) is 6.39. The lowest BCUT2D eigenvalue weighted by atomic mass is 10.1. The highest BCUT2D eigenvalue weighted by Gasteiger charge is 2.18. The Kier molecular flexibility index (Phi) is 4.49. The molecule has 1 aromatic heterocycles. The number of benzene rings is 1. The smallest absolute Gasteiger partial charge is 0.406 e. The van der Waals surface area contributed by atoms with Gasteiger partial charge in [0.15, 0.2) is 12.4 Å². The van der Waals surface area contributed by atoms with Crippen LogP contribution in [-0.4, -0.2) is 22.3 Å². The number of nitro groups is 1. The van der Waals surface area contributed by atoms with Crippen molar-refractivity contribution in [3.63, 3.8) is 0 Å². The number of ketones is 1. The number of hydrogen-bond donors (Lipinski definition) is 0. The Bertz CT molecular complexity index is 703. The van der Waals surface area contributed by atoms with Crippen molar-refractivity contribution in [2.45, 2.75) is 6.92 Å². The zero-order valence-corrected chi connectivity index (χ0v) is 11.8. The van der Waals surface area contributed by atoms with E-state index in [9.17, 15) is 14.9 Å². The average molecular weight is 307 g/mol. The van der Waals surface area contributed by atoms with E-state index in [2.05, 4.69) is 4.98 Å². The summed E-state index contributed by atoms with van der Waals surface area (Å²) in [7, 11) is 0. The fourth-order valence-electron chi connectivity index (χ4n) is 1.66. The van der Waals surface area contributed by atoms with Crippen molar-refractivity contribution in [1.29, 1.82) is 0 Å². The lowest BCUT2D eigenvalue weighted by molar-refractivity contribution is -0.390. The molecule has 0 aliphatic rings. The number of halogens is 1. The third-order valence-corrected chi connectivity index (χ3v) is 2.89. The summed E-state index contributed by atoms with van der Waals surface area (Å²) >= 11 is 5.80. The molecule has 108 valence electrons. The van der Waals surface area contributed by atoms with Crippen LogP contribution >= 0.6 is 11.6 Å². The molecule has 2 aromatic rings. The Morgan fingerprint density at radius 2 is 2.14 bits per heavy atom. The van der Waals surface area contributed by atoms with Gasteiger partial charge in [-0.15, -0.1) is 0 Å². The molecule has 0 aliphatic heterocycles. The van der Waals surface area contributed by atoms with Gasteiger partial charge in [-0.2, -0.15) is 0 Å². The van der Waals surface area contributed by atoms with Crippen LogP contribution in [0.1, 0.15) is 16.1 Å². The highest BCUT2D eigenvalue weighted by atomic mass is 35.5. The van der Waals surface area contributed by atoms with Gasteiger partial charge in [-0.3, -0.25) is 4.79 Å². The number of carbonyl (C=O) groups excluding carboxylic acids is 1. The van der Waals surface area contributed by atoms with Crippen LogP contribution in [-0.2, 0) is 0 Å². The molecule has 0 fully saturated rings. The van der Waals surface area contributed by atoms with Crippen molar-refractivity contribution in [1.82, 2.24) is 4.98 Å². The SMILES string of the molecule is Cc1ccc(OCC(=O)c2cccc(Cl)c2)c([N+](=O)[O-])n1. The fraction of sp³-hybridized carbons (Fsp3) is 0.143. The lowest BCUT2D eigenvalue weighted by Crippen LogP contribution is -2.12. The lowest BCUT2D eigenvalue weighted by Gasteiger charge is -2.06. The van der Waals surface area contributed by atoms with E-state index in [1.807, 2.05) is 0 Å². The maximum atomic E-state index is 11.9. The summed E-state index contributed by atoms with van der Waals surface area (Å²) in [5, 5.41) is 11.3. The number of hydrogen-bond acceptors (Lipinski definition) is 5. The second kappa shape index (κ2) is 6.32. The van der Waals surface area contributed by atoms with Gasteiger partial charge in [-0.1, -0.05) is 23.7 Å². The average Bonchev–Trinajstić information content (AvgIpc) is 2.45. The first-order chi connectivity index (χ1) is 9.97. The van der Waals surface area contributed by atoms with Crippen LogP contribution in [0.15, 0.2) is 36.4 Å². The van der Waals surface area contributed by atoms with Gasteiger partial charge in [0.1, 0.15) is 5.69 Å². The summed E-state index contributed by atoms with van der Waals surface area (Å²) in [6, 6.07) is 9.39. The Balaban J connectivity index is 2.13. The van der Waals surface area contributed by atoms with Crippen molar-refractivity contribution < 1.29 is 14.5 Å². The molecule has 0 amide bonds.